The first kappa shape index (κ1) is 14.3. The highest BCUT2D eigenvalue weighted by Gasteiger charge is 2.34. The maximum atomic E-state index is 11.5. The lowest BCUT2D eigenvalue weighted by atomic mass is 9.91. The van der Waals surface area contributed by atoms with E-state index in [2.05, 4.69) is 0 Å². The van der Waals surface area contributed by atoms with Gasteiger partial charge in [-0.25, -0.2) is 8.42 Å². The molecule has 2 unspecified atom stereocenters. The zero-order valence-electron chi connectivity index (χ0n) is 11.5. The minimum absolute atomic E-state index is 0.0820. The Morgan fingerprint density at radius 1 is 1.32 bits per heavy atom. The van der Waals surface area contributed by atoms with Crippen LogP contribution in [0, 0.1) is 19.8 Å². The number of methoxy groups -OCH3 is 1. The highest BCUT2D eigenvalue weighted by molar-refractivity contribution is 7.91. The summed E-state index contributed by atoms with van der Waals surface area (Å²) in [6, 6.07) is 3.78. The largest absolute Gasteiger partial charge is 0.496 e. The molecule has 106 valence electrons. The summed E-state index contributed by atoms with van der Waals surface area (Å²) in [6.45, 7) is 3.82. The van der Waals surface area contributed by atoms with Crippen molar-refractivity contribution in [1.29, 1.82) is 0 Å². The molecular weight excluding hydrogens is 264 g/mol. The predicted molar refractivity (Wildman–Crippen MR) is 74.2 cm³/mol. The van der Waals surface area contributed by atoms with Gasteiger partial charge in [-0.3, -0.25) is 0 Å². The number of aliphatic hydroxyl groups is 1. The Kier molecular flexibility index (Phi) is 3.87. The van der Waals surface area contributed by atoms with Crippen LogP contribution in [-0.2, 0) is 9.84 Å². The predicted octanol–water partition coefficient (Wildman–Crippen LogP) is 1.78. The molecular formula is C14H20O4S. The van der Waals surface area contributed by atoms with Crippen molar-refractivity contribution in [1.82, 2.24) is 0 Å². The third-order valence-electron chi connectivity index (χ3n) is 3.82. The van der Waals surface area contributed by atoms with Gasteiger partial charge in [-0.05, 0) is 49.1 Å². The molecule has 2 atom stereocenters. The Balaban J connectivity index is 2.29. The van der Waals surface area contributed by atoms with Gasteiger partial charge in [0.05, 0.1) is 24.7 Å². The molecule has 1 aliphatic rings. The van der Waals surface area contributed by atoms with Crippen molar-refractivity contribution in [2.75, 3.05) is 18.6 Å². The minimum atomic E-state index is -2.97. The summed E-state index contributed by atoms with van der Waals surface area (Å²) in [7, 11) is -1.36. The number of rotatable bonds is 3. The first-order valence-corrected chi connectivity index (χ1v) is 8.20. The van der Waals surface area contributed by atoms with E-state index in [-0.39, 0.29) is 17.4 Å². The Morgan fingerprint density at radius 2 is 2.00 bits per heavy atom. The highest BCUT2D eigenvalue weighted by Crippen LogP contribution is 2.35. The van der Waals surface area contributed by atoms with E-state index in [1.165, 1.54) is 0 Å². The van der Waals surface area contributed by atoms with Gasteiger partial charge in [0.15, 0.2) is 9.84 Å². The van der Waals surface area contributed by atoms with Gasteiger partial charge in [0, 0.05) is 5.92 Å². The second-order valence-electron chi connectivity index (χ2n) is 5.29. The standard InChI is InChI=1S/C14H20O4S/c1-9-7-13(18-3)10(2)6-12(9)14(15)11-4-5-19(16,17)8-11/h6-7,11,14-15H,4-5,8H2,1-3H3. The van der Waals surface area contributed by atoms with Crippen LogP contribution in [0.3, 0.4) is 0 Å². The van der Waals surface area contributed by atoms with E-state index >= 15 is 0 Å². The molecule has 0 aliphatic carbocycles. The van der Waals surface area contributed by atoms with Crippen molar-refractivity contribution in [2.24, 2.45) is 5.92 Å². The quantitative estimate of drug-likeness (QED) is 0.919. The van der Waals surface area contributed by atoms with E-state index in [9.17, 15) is 13.5 Å². The molecule has 0 amide bonds. The Morgan fingerprint density at radius 3 is 2.53 bits per heavy atom. The first-order valence-electron chi connectivity index (χ1n) is 6.37. The van der Waals surface area contributed by atoms with E-state index in [1.54, 1.807) is 7.11 Å². The smallest absolute Gasteiger partial charge is 0.150 e. The van der Waals surface area contributed by atoms with Crippen molar-refractivity contribution in [3.63, 3.8) is 0 Å². The van der Waals surface area contributed by atoms with Crippen molar-refractivity contribution < 1.29 is 18.3 Å². The van der Waals surface area contributed by atoms with E-state index in [4.69, 9.17) is 4.74 Å². The number of aliphatic hydroxyl groups excluding tert-OH is 1. The number of aryl methyl sites for hydroxylation is 2. The van der Waals surface area contributed by atoms with Gasteiger partial charge in [0.2, 0.25) is 0 Å². The SMILES string of the molecule is COc1cc(C)c(C(O)C2CCS(=O)(=O)C2)cc1C. The van der Waals surface area contributed by atoms with E-state index in [0.29, 0.717) is 6.42 Å². The number of ether oxygens (including phenoxy) is 1. The number of hydrogen-bond donors (Lipinski definition) is 1. The zero-order valence-corrected chi connectivity index (χ0v) is 12.3. The first-order chi connectivity index (χ1) is 8.84. The van der Waals surface area contributed by atoms with Crippen LogP contribution in [0.1, 0.15) is 29.2 Å². The summed E-state index contributed by atoms with van der Waals surface area (Å²) in [6.07, 6.45) is -0.185. The summed E-state index contributed by atoms with van der Waals surface area (Å²) in [5.41, 5.74) is 2.68. The van der Waals surface area contributed by atoms with Crippen LogP contribution in [0.2, 0.25) is 0 Å². The molecule has 1 heterocycles. The van der Waals surface area contributed by atoms with Crippen LogP contribution in [0.4, 0.5) is 0 Å². The van der Waals surface area contributed by atoms with Crippen LogP contribution in [-0.4, -0.2) is 32.1 Å². The molecule has 0 bridgehead atoms. The number of benzene rings is 1. The lowest BCUT2D eigenvalue weighted by Gasteiger charge is -2.20. The Bertz CT molecular complexity index is 577. The van der Waals surface area contributed by atoms with Crippen molar-refractivity contribution in [3.8, 4) is 5.75 Å². The van der Waals surface area contributed by atoms with Crippen molar-refractivity contribution in [3.05, 3.63) is 28.8 Å². The van der Waals surface area contributed by atoms with Gasteiger partial charge in [-0.2, -0.15) is 0 Å². The van der Waals surface area contributed by atoms with Gasteiger partial charge < -0.3 is 9.84 Å². The van der Waals surface area contributed by atoms with E-state index < -0.39 is 15.9 Å². The lowest BCUT2D eigenvalue weighted by Crippen LogP contribution is -2.15. The fourth-order valence-electron chi connectivity index (χ4n) is 2.68. The molecule has 0 radical (unpaired) electrons. The van der Waals surface area contributed by atoms with Gasteiger partial charge in [0.1, 0.15) is 5.75 Å². The van der Waals surface area contributed by atoms with Crippen LogP contribution in [0.5, 0.6) is 5.75 Å². The summed E-state index contributed by atoms with van der Waals surface area (Å²) in [5, 5.41) is 10.4. The molecule has 1 aliphatic heterocycles. The Labute approximate surface area is 114 Å². The molecule has 19 heavy (non-hydrogen) atoms. The summed E-state index contributed by atoms with van der Waals surface area (Å²) in [5.74, 6) is 0.852. The molecule has 1 fully saturated rings. The van der Waals surface area contributed by atoms with Crippen molar-refractivity contribution >= 4 is 9.84 Å². The maximum absolute atomic E-state index is 11.5. The van der Waals surface area contributed by atoms with Crippen LogP contribution in [0.15, 0.2) is 12.1 Å². The van der Waals surface area contributed by atoms with Crippen LogP contribution >= 0.6 is 0 Å². The van der Waals surface area contributed by atoms with E-state index in [0.717, 1.165) is 22.4 Å². The average molecular weight is 284 g/mol. The third-order valence-corrected chi connectivity index (χ3v) is 5.61. The molecule has 0 aromatic heterocycles. The lowest BCUT2D eigenvalue weighted by molar-refractivity contribution is 0.120. The van der Waals surface area contributed by atoms with Gasteiger partial charge in [-0.15, -0.1) is 0 Å². The number of sulfone groups is 1. The summed E-state index contributed by atoms with van der Waals surface area (Å²) in [4.78, 5) is 0. The molecule has 1 aromatic carbocycles. The molecule has 4 nitrogen and oxygen atoms in total. The van der Waals surface area contributed by atoms with E-state index in [1.807, 2.05) is 26.0 Å². The second kappa shape index (κ2) is 5.13. The van der Waals surface area contributed by atoms with Gasteiger partial charge in [-0.1, -0.05) is 0 Å². The minimum Gasteiger partial charge on any atom is -0.496 e. The van der Waals surface area contributed by atoms with Crippen LogP contribution < -0.4 is 4.74 Å². The summed E-state index contributed by atoms with van der Waals surface area (Å²) >= 11 is 0. The molecule has 1 saturated heterocycles. The third kappa shape index (κ3) is 2.92. The fraction of sp³-hybridized carbons (Fsp3) is 0.571. The Hall–Kier alpha value is -1.07. The number of hydrogen-bond acceptors (Lipinski definition) is 4. The topological polar surface area (TPSA) is 63.6 Å². The monoisotopic (exact) mass is 284 g/mol. The molecule has 0 saturated carbocycles. The summed E-state index contributed by atoms with van der Waals surface area (Å²) < 4.78 is 28.2. The van der Waals surface area contributed by atoms with Crippen molar-refractivity contribution in [2.45, 2.75) is 26.4 Å². The second-order valence-corrected chi connectivity index (χ2v) is 7.52. The molecule has 5 heteroatoms. The van der Waals surface area contributed by atoms with Gasteiger partial charge in [0.25, 0.3) is 0 Å². The molecule has 2 rings (SSSR count). The normalized spacial score (nSPS) is 23.3. The zero-order chi connectivity index (χ0) is 14.2. The maximum Gasteiger partial charge on any atom is 0.150 e. The van der Waals surface area contributed by atoms with Crippen LogP contribution in [0.25, 0.3) is 0 Å². The molecule has 1 N–H and O–H groups in total. The molecule has 0 spiro atoms. The average Bonchev–Trinajstić information content (AvgIpc) is 2.71. The molecule has 1 aromatic rings. The fourth-order valence-corrected chi connectivity index (χ4v) is 4.51. The van der Waals surface area contributed by atoms with Gasteiger partial charge >= 0.3 is 0 Å². The highest BCUT2D eigenvalue weighted by atomic mass is 32.2.